The monoisotopic (exact) mass is 430 g/mol. The fraction of sp³-hybridized carbons (Fsp3) is 0.600. The lowest BCUT2D eigenvalue weighted by Gasteiger charge is -2.41. The number of aliphatic hydroxyl groups is 1. The number of carbonyl (C=O) groups is 2. The molecule has 2 aliphatic rings. The van der Waals surface area contributed by atoms with Crippen LogP contribution in [0.15, 0.2) is 24.3 Å². The van der Waals surface area contributed by atoms with E-state index in [1.807, 2.05) is 0 Å². The van der Waals surface area contributed by atoms with E-state index in [9.17, 15) is 27.9 Å². The molecule has 1 N–H and O–H groups in total. The number of hydrogen-bond acceptors (Lipinski definition) is 5. The van der Waals surface area contributed by atoms with E-state index in [1.54, 1.807) is 15.9 Å². The van der Waals surface area contributed by atoms with Crippen LogP contribution in [0.25, 0.3) is 0 Å². The minimum Gasteiger partial charge on any atom is -0.461 e. The molecule has 0 radical (unpaired) electrons. The molecule has 10 heteroatoms. The van der Waals surface area contributed by atoms with Gasteiger partial charge in [0, 0.05) is 32.5 Å². The van der Waals surface area contributed by atoms with E-state index in [4.69, 9.17) is 4.74 Å². The Hall–Kier alpha value is -2.49. The molecule has 30 heavy (non-hydrogen) atoms. The van der Waals surface area contributed by atoms with Gasteiger partial charge in [-0.15, -0.1) is 13.2 Å². The minimum absolute atomic E-state index is 0.215. The summed E-state index contributed by atoms with van der Waals surface area (Å²) >= 11 is 0. The van der Waals surface area contributed by atoms with Crippen LogP contribution in [-0.2, 0) is 9.53 Å². The van der Waals surface area contributed by atoms with Crippen LogP contribution in [0.4, 0.5) is 18.0 Å². The van der Waals surface area contributed by atoms with E-state index >= 15 is 0 Å². The molecule has 3 rings (SSSR count). The summed E-state index contributed by atoms with van der Waals surface area (Å²) in [5, 5.41) is 9.66. The lowest BCUT2D eigenvalue weighted by molar-refractivity contribution is -0.274. The van der Waals surface area contributed by atoms with Gasteiger partial charge in [-0.1, -0.05) is 12.1 Å². The highest BCUT2D eigenvalue weighted by atomic mass is 19.4. The molecule has 7 nitrogen and oxygen atoms in total. The fourth-order valence-corrected chi connectivity index (χ4v) is 3.99. The van der Waals surface area contributed by atoms with Gasteiger partial charge in [0.25, 0.3) is 0 Å². The van der Waals surface area contributed by atoms with Gasteiger partial charge in [0.2, 0.25) is 0 Å². The zero-order chi connectivity index (χ0) is 21.9. The Labute approximate surface area is 172 Å². The predicted molar refractivity (Wildman–Crippen MR) is 99.8 cm³/mol. The molecule has 2 aliphatic heterocycles. The average molecular weight is 430 g/mol. The highest BCUT2D eigenvalue weighted by molar-refractivity contribution is 5.75. The SMILES string of the molecule is CC(=O)OC1CC(c2cccc(OC(F)(F)F)c2)CN(C(=O)N2CCC(O)CC2)C1. The molecule has 1 aromatic rings. The molecule has 2 amide bonds. The molecule has 2 heterocycles. The van der Waals surface area contributed by atoms with Gasteiger partial charge in [-0.25, -0.2) is 4.79 Å². The third-order valence-electron chi connectivity index (χ3n) is 5.31. The second-order valence-corrected chi connectivity index (χ2v) is 7.69. The average Bonchev–Trinajstić information content (AvgIpc) is 2.66. The number of amides is 2. The Morgan fingerprint density at radius 1 is 1.13 bits per heavy atom. The minimum atomic E-state index is -4.80. The molecule has 166 valence electrons. The molecule has 0 aromatic heterocycles. The molecule has 1 aromatic carbocycles. The number of hydrogen-bond donors (Lipinski definition) is 1. The van der Waals surface area contributed by atoms with Gasteiger partial charge in [-0.2, -0.15) is 0 Å². The molecule has 2 atom stereocenters. The molecular weight excluding hydrogens is 405 g/mol. The highest BCUT2D eigenvalue weighted by Gasteiger charge is 2.36. The molecule has 2 unspecified atom stereocenters. The summed E-state index contributed by atoms with van der Waals surface area (Å²) in [6.45, 7) is 2.63. The van der Waals surface area contributed by atoms with E-state index in [0.29, 0.717) is 37.9 Å². The number of piperidine rings is 2. The number of aliphatic hydroxyl groups excluding tert-OH is 1. The van der Waals surface area contributed by atoms with Crippen LogP contribution in [0, 0.1) is 0 Å². The third-order valence-corrected chi connectivity index (χ3v) is 5.31. The summed E-state index contributed by atoms with van der Waals surface area (Å²) < 4.78 is 47.0. The third kappa shape index (κ3) is 6.01. The normalized spacial score (nSPS) is 23.2. The molecule has 0 spiro atoms. The van der Waals surface area contributed by atoms with Crippen LogP contribution in [0.5, 0.6) is 5.75 Å². The number of nitrogens with zero attached hydrogens (tertiary/aromatic N) is 2. The first-order valence-corrected chi connectivity index (χ1v) is 9.85. The second kappa shape index (κ2) is 9.11. The number of benzene rings is 1. The first kappa shape index (κ1) is 22.2. The molecule has 2 saturated heterocycles. The predicted octanol–water partition coefficient (Wildman–Crippen LogP) is 2.88. The van der Waals surface area contributed by atoms with Crippen molar-refractivity contribution >= 4 is 12.0 Å². The summed E-state index contributed by atoms with van der Waals surface area (Å²) in [6.07, 6.45) is -4.41. The topological polar surface area (TPSA) is 79.3 Å². The van der Waals surface area contributed by atoms with Gasteiger partial charge in [0.05, 0.1) is 12.6 Å². The van der Waals surface area contributed by atoms with Crippen LogP contribution in [0.3, 0.4) is 0 Å². The van der Waals surface area contributed by atoms with Crippen LogP contribution in [-0.4, -0.2) is 71.7 Å². The summed E-state index contributed by atoms with van der Waals surface area (Å²) in [5.74, 6) is -1.14. The number of likely N-dealkylation sites (tertiary alicyclic amines) is 2. The molecular formula is C20H25F3N2O5. The fourth-order valence-electron chi connectivity index (χ4n) is 3.99. The first-order valence-electron chi connectivity index (χ1n) is 9.85. The molecule has 0 saturated carbocycles. The molecule has 0 bridgehead atoms. The van der Waals surface area contributed by atoms with E-state index in [0.717, 1.165) is 0 Å². The van der Waals surface area contributed by atoms with Crippen LogP contribution >= 0.6 is 0 Å². The number of esters is 1. The standard InChI is InChI=1S/C20H25F3N2O5/c1-13(26)29-18-10-15(14-3-2-4-17(9-14)30-20(21,22)23)11-25(12-18)19(28)24-7-5-16(27)6-8-24/h2-4,9,15-16,18,27H,5-8,10-12H2,1H3. The Morgan fingerprint density at radius 2 is 1.83 bits per heavy atom. The van der Waals surface area contributed by atoms with Crippen molar-refractivity contribution in [1.29, 1.82) is 0 Å². The number of urea groups is 1. The molecule has 0 aliphatic carbocycles. The van der Waals surface area contributed by atoms with Crippen molar-refractivity contribution in [2.45, 2.75) is 50.7 Å². The summed E-state index contributed by atoms with van der Waals surface area (Å²) in [6, 6.07) is 5.42. The Balaban J connectivity index is 1.77. The zero-order valence-electron chi connectivity index (χ0n) is 16.6. The Morgan fingerprint density at radius 3 is 2.47 bits per heavy atom. The zero-order valence-corrected chi connectivity index (χ0v) is 16.6. The number of carbonyl (C=O) groups excluding carboxylic acids is 2. The van der Waals surface area contributed by atoms with Crippen molar-refractivity contribution in [3.05, 3.63) is 29.8 Å². The van der Waals surface area contributed by atoms with Crippen LogP contribution in [0.2, 0.25) is 0 Å². The number of ether oxygens (including phenoxy) is 2. The summed E-state index contributed by atoms with van der Waals surface area (Å²) in [4.78, 5) is 27.7. The van der Waals surface area contributed by atoms with Crippen LogP contribution in [0.1, 0.15) is 37.7 Å². The van der Waals surface area contributed by atoms with Crippen molar-refractivity contribution in [1.82, 2.24) is 9.80 Å². The van der Waals surface area contributed by atoms with Gasteiger partial charge < -0.3 is 24.4 Å². The van der Waals surface area contributed by atoms with E-state index in [2.05, 4.69) is 4.74 Å². The summed E-state index contributed by atoms with van der Waals surface area (Å²) in [5.41, 5.74) is 0.570. The van der Waals surface area contributed by atoms with E-state index in [-0.39, 0.29) is 30.8 Å². The van der Waals surface area contributed by atoms with Gasteiger partial charge in [0.1, 0.15) is 11.9 Å². The lowest BCUT2D eigenvalue weighted by atomic mass is 9.89. The Bertz CT molecular complexity index is 765. The smallest absolute Gasteiger partial charge is 0.461 e. The second-order valence-electron chi connectivity index (χ2n) is 7.69. The van der Waals surface area contributed by atoms with Crippen molar-refractivity contribution in [3.8, 4) is 5.75 Å². The maximum atomic E-state index is 13.0. The van der Waals surface area contributed by atoms with Crippen molar-refractivity contribution in [2.24, 2.45) is 0 Å². The van der Waals surface area contributed by atoms with Crippen molar-refractivity contribution < 1.29 is 37.3 Å². The number of halogens is 3. The maximum absolute atomic E-state index is 13.0. The van der Waals surface area contributed by atoms with Gasteiger partial charge in [-0.3, -0.25) is 4.79 Å². The first-order chi connectivity index (χ1) is 14.1. The van der Waals surface area contributed by atoms with Gasteiger partial charge in [-0.05, 0) is 37.0 Å². The maximum Gasteiger partial charge on any atom is 0.573 e. The largest absolute Gasteiger partial charge is 0.573 e. The van der Waals surface area contributed by atoms with Crippen molar-refractivity contribution in [2.75, 3.05) is 26.2 Å². The van der Waals surface area contributed by atoms with Crippen molar-refractivity contribution in [3.63, 3.8) is 0 Å². The molecule has 2 fully saturated rings. The van der Waals surface area contributed by atoms with E-state index < -0.39 is 24.5 Å². The quantitative estimate of drug-likeness (QED) is 0.746. The number of rotatable bonds is 3. The van der Waals surface area contributed by atoms with Crippen LogP contribution < -0.4 is 4.74 Å². The van der Waals surface area contributed by atoms with E-state index in [1.165, 1.54) is 25.1 Å². The highest BCUT2D eigenvalue weighted by Crippen LogP contribution is 2.32. The summed E-state index contributed by atoms with van der Waals surface area (Å²) in [7, 11) is 0. The van der Waals surface area contributed by atoms with Gasteiger partial charge >= 0.3 is 18.4 Å². The lowest BCUT2D eigenvalue weighted by Crippen LogP contribution is -2.53. The number of alkyl halides is 3. The van der Waals surface area contributed by atoms with Gasteiger partial charge in [0.15, 0.2) is 0 Å². The Kier molecular flexibility index (Phi) is 6.74.